The highest BCUT2D eigenvalue weighted by Gasteiger charge is 2.29. The van der Waals surface area contributed by atoms with E-state index in [1.165, 1.54) is 23.1 Å². The minimum atomic E-state index is -4.33. The van der Waals surface area contributed by atoms with E-state index >= 15 is 0 Å². The molecule has 22 heavy (non-hydrogen) atoms. The molecule has 0 saturated carbocycles. The summed E-state index contributed by atoms with van der Waals surface area (Å²) < 4.78 is 37.7. The van der Waals surface area contributed by atoms with E-state index < -0.39 is 18.6 Å². The maximum Gasteiger partial charge on any atom is 0.393 e. The number of alkyl halides is 3. The molecule has 1 atom stereocenters. The molecular formula is C15H19F3N2O2. The third-order valence-electron chi connectivity index (χ3n) is 3.71. The first-order valence-corrected chi connectivity index (χ1v) is 7.20. The van der Waals surface area contributed by atoms with Crippen LogP contribution in [-0.4, -0.2) is 41.9 Å². The SMILES string of the molecule is O=C(Nc1ccccc1CC(F)(F)F)N1CCCC(CO)C1. The summed E-state index contributed by atoms with van der Waals surface area (Å²) in [5.41, 5.74) is 0.218. The van der Waals surface area contributed by atoms with Crippen molar-refractivity contribution in [2.75, 3.05) is 25.0 Å². The normalized spacial score (nSPS) is 19.1. The van der Waals surface area contributed by atoms with Crippen molar-refractivity contribution in [1.82, 2.24) is 4.90 Å². The van der Waals surface area contributed by atoms with Gasteiger partial charge in [-0.3, -0.25) is 0 Å². The number of para-hydroxylation sites is 1. The Balaban J connectivity index is 2.05. The van der Waals surface area contributed by atoms with Gasteiger partial charge in [0.2, 0.25) is 0 Å². The second kappa shape index (κ2) is 7.00. The van der Waals surface area contributed by atoms with Crippen LogP contribution < -0.4 is 5.32 Å². The van der Waals surface area contributed by atoms with Gasteiger partial charge in [0.25, 0.3) is 0 Å². The van der Waals surface area contributed by atoms with Gasteiger partial charge in [-0.05, 0) is 30.4 Å². The number of carbonyl (C=O) groups is 1. The van der Waals surface area contributed by atoms with Crippen LogP contribution in [0.3, 0.4) is 0 Å². The van der Waals surface area contributed by atoms with E-state index in [0.717, 1.165) is 12.8 Å². The largest absolute Gasteiger partial charge is 0.396 e. The number of hydrogen-bond donors (Lipinski definition) is 2. The summed E-state index contributed by atoms with van der Waals surface area (Å²) in [6.07, 6.45) is -3.77. The van der Waals surface area contributed by atoms with E-state index in [1.54, 1.807) is 6.07 Å². The molecular weight excluding hydrogens is 297 g/mol. The van der Waals surface area contributed by atoms with Gasteiger partial charge >= 0.3 is 12.2 Å². The van der Waals surface area contributed by atoms with Crippen molar-refractivity contribution in [2.45, 2.75) is 25.4 Å². The highest BCUT2D eigenvalue weighted by Crippen LogP contribution is 2.26. The zero-order chi connectivity index (χ0) is 16.2. The second-order valence-electron chi connectivity index (χ2n) is 5.52. The minimum absolute atomic E-state index is 0.00837. The first kappa shape index (κ1) is 16.6. The number of benzene rings is 1. The van der Waals surface area contributed by atoms with Crippen LogP contribution in [0.25, 0.3) is 0 Å². The average molecular weight is 316 g/mol. The minimum Gasteiger partial charge on any atom is -0.396 e. The second-order valence-corrected chi connectivity index (χ2v) is 5.52. The zero-order valence-corrected chi connectivity index (χ0v) is 12.1. The van der Waals surface area contributed by atoms with E-state index in [0.29, 0.717) is 13.1 Å². The Bertz CT molecular complexity index is 520. The quantitative estimate of drug-likeness (QED) is 0.900. The van der Waals surface area contributed by atoms with E-state index in [-0.39, 0.29) is 23.8 Å². The van der Waals surface area contributed by atoms with Gasteiger partial charge in [0.15, 0.2) is 0 Å². The van der Waals surface area contributed by atoms with Crippen molar-refractivity contribution in [3.63, 3.8) is 0 Å². The lowest BCUT2D eigenvalue weighted by molar-refractivity contribution is -0.127. The van der Waals surface area contributed by atoms with E-state index in [1.807, 2.05) is 0 Å². The Labute approximate surface area is 126 Å². The van der Waals surface area contributed by atoms with Crippen LogP contribution in [0.4, 0.5) is 23.7 Å². The summed E-state index contributed by atoms with van der Waals surface area (Å²) in [7, 11) is 0. The maximum atomic E-state index is 12.6. The average Bonchev–Trinajstić information content (AvgIpc) is 2.48. The van der Waals surface area contributed by atoms with Crippen molar-refractivity contribution in [3.05, 3.63) is 29.8 Å². The molecule has 0 radical (unpaired) electrons. The summed E-state index contributed by atoms with van der Waals surface area (Å²) in [5, 5.41) is 11.7. The highest BCUT2D eigenvalue weighted by atomic mass is 19.4. The lowest BCUT2D eigenvalue weighted by Gasteiger charge is -2.32. The standard InChI is InChI=1S/C15H19F3N2O2/c16-15(17,18)8-12-5-1-2-6-13(12)19-14(22)20-7-3-4-11(9-20)10-21/h1-2,5-6,11,21H,3-4,7-10H2,(H,19,22). The third-order valence-corrected chi connectivity index (χ3v) is 3.71. The first-order valence-electron chi connectivity index (χ1n) is 7.20. The van der Waals surface area contributed by atoms with Crippen LogP contribution in [0, 0.1) is 5.92 Å². The van der Waals surface area contributed by atoms with Gasteiger partial charge in [-0.15, -0.1) is 0 Å². The molecule has 2 amide bonds. The summed E-state index contributed by atoms with van der Waals surface area (Å²) in [4.78, 5) is 13.7. The Morgan fingerprint density at radius 2 is 2.09 bits per heavy atom. The first-order chi connectivity index (χ1) is 10.4. The number of nitrogens with zero attached hydrogens (tertiary/aromatic N) is 1. The summed E-state index contributed by atoms with van der Waals surface area (Å²) in [6.45, 7) is 0.974. The van der Waals surface area contributed by atoms with Gasteiger partial charge in [0, 0.05) is 25.4 Å². The number of aliphatic hydroxyl groups excluding tert-OH is 1. The molecule has 1 unspecified atom stereocenters. The molecule has 4 nitrogen and oxygen atoms in total. The number of carbonyl (C=O) groups excluding carboxylic acids is 1. The van der Waals surface area contributed by atoms with Gasteiger partial charge < -0.3 is 15.3 Å². The number of halogens is 3. The molecule has 2 N–H and O–H groups in total. The van der Waals surface area contributed by atoms with E-state index in [4.69, 9.17) is 5.11 Å². The molecule has 0 aromatic heterocycles. The van der Waals surface area contributed by atoms with Crippen molar-refractivity contribution in [3.8, 4) is 0 Å². The fourth-order valence-electron chi connectivity index (χ4n) is 2.61. The van der Waals surface area contributed by atoms with Crippen molar-refractivity contribution >= 4 is 11.7 Å². The Morgan fingerprint density at radius 3 is 2.77 bits per heavy atom. The van der Waals surface area contributed by atoms with Crippen LogP contribution >= 0.6 is 0 Å². The Hall–Kier alpha value is -1.76. The number of urea groups is 1. The lowest BCUT2D eigenvalue weighted by atomic mass is 9.99. The predicted molar refractivity (Wildman–Crippen MR) is 76.6 cm³/mol. The van der Waals surface area contributed by atoms with Crippen LogP contribution in [0.2, 0.25) is 0 Å². The maximum absolute atomic E-state index is 12.6. The molecule has 1 heterocycles. The monoisotopic (exact) mass is 316 g/mol. The van der Waals surface area contributed by atoms with Crippen molar-refractivity contribution in [2.24, 2.45) is 5.92 Å². The van der Waals surface area contributed by atoms with Crippen LogP contribution in [0.5, 0.6) is 0 Å². The van der Waals surface area contributed by atoms with Crippen LogP contribution in [0.15, 0.2) is 24.3 Å². The van der Waals surface area contributed by atoms with Crippen LogP contribution in [-0.2, 0) is 6.42 Å². The number of rotatable bonds is 3. The zero-order valence-electron chi connectivity index (χ0n) is 12.1. The molecule has 1 saturated heterocycles. The summed E-state index contributed by atoms with van der Waals surface area (Å²) >= 11 is 0. The number of anilines is 1. The molecule has 0 bridgehead atoms. The Morgan fingerprint density at radius 1 is 1.36 bits per heavy atom. The van der Waals surface area contributed by atoms with E-state index in [2.05, 4.69) is 5.32 Å². The lowest BCUT2D eigenvalue weighted by Crippen LogP contribution is -2.43. The Kier molecular flexibility index (Phi) is 5.28. The van der Waals surface area contributed by atoms with Gasteiger partial charge in [-0.25, -0.2) is 4.79 Å². The molecule has 1 aromatic rings. The van der Waals surface area contributed by atoms with Gasteiger partial charge in [0.1, 0.15) is 0 Å². The van der Waals surface area contributed by atoms with Gasteiger partial charge in [0.05, 0.1) is 6.42 Å². The van der Waals surface area contributed by atoms with Gasteiger partial charge in [-0.2, -0.15) is 13.2 Å². The fraction of sp³-hybridized carbons (Fsp3) is 0.533. The van der Waals surface area contributed by atoms with Crippen molar-refractivity contribution in [1.29, 1.82) is 0 Å². The summed E-state index contributed by atoms with van der Waals surface area (Å²) in [6, 6.07) is 5.50. The molecule has 7 heteroatoms. The van der Waals surface area contributed by atoms with Gasteiger partial charge in [-0.1, -0.05) is 18.2 Å². The number of piperidine rings is 1. The van der Waals surface area contributed by atoms with Crippen molar-refractivity contribution < 1.29 is 23.1 Å². The smallest absolute Gasteiger partial charge is 0.393 e. The number of likely N-dealkylation sites (tertiary alicyclic amines) is 1. The number of aliphatic hydroxyl groups is 1. The molecule has 1 fully saturated rings. The predicted octanol–water partition coefficient (Wildman–Crippen LogP) is 3.03. The fourth-order valence-corrected chi connectivity index (χ4v) is 2.61. The number of nitrogens with one attached hydrogen (secondary N) is 1. The molecule has 0 aliphatic carbocycles. The molecule has 1 aliphatic rings. The highest BCUT2D eigenvalue weighted by molar-refractivity contribution is 5.90. The van der Waals surface area contributed by atoms with Crippen LogP contribution in [0.1, 0.15) is 18.4 Å². The molecule has 0 spiro atoms. The topological polar surface area (TPSA) is 52.6 Å². The number of hydrogen-bond acceptors (Lipinski definition) is 2. The molecule has 2 rings (SSSR count). The molecule has 122 valence electrons. The third kappa shape index (κ3) is 4.62. The van der Waals surface area contributed by atoms with E-state index in [9.17, 15) is 18.0 Å². The molecule has 1 aromatic carbocycles. The molecule has 1 aliphatic heterocycles. The summed E-state index contributed by atoms with van der Waals surface area (Å²) in [5.74, 6) is 0.0323. The number of amides is 2.